The molecule has 0 aliphatic carbocycles. The fraction of sp³-hybridized carbons (Fsp3) is 0.217. The van der Waals surface area contributed by atoms with Crippen LogP contribution in [0.15, 0.2) is 71.3 Å². The summed E-state index contributed by atoms with van der Waals surface area (Å²) in [6, 6.07) is 17.9. The highest BCUT2D eigenvalue weighted by atomic mass is 16.5. The summed E-state index contributed by atoms with van der Waals surface area (Å²) in [6.07, 6.45) is 0. The lowest BCUT2D eigenvalue weighted by molar-refractivity contribution is -0.139. The number of hydrogen-bond donors (Lipinski definition) is 1. The topological polar surface area (TPSA) is 85.3 Å². The smallest absolute Gasteiger partial charge is 0.338 e. The van der Waals surface area contributed by atoms with Crippen molar-refractivity contribution in [3.8, 4) is 17.2 Å². The molecule has 2 N–H and O–H groups in total. The molecule has 5 heteroatoms. The van der Waals surface area contributed by atoms with Crippen molar-refractivity contribution in [1.82, 2.24) is 0 Å². The molecule has 0 fully saturated rings. The van der Waals surface area contributed by atoms with E-state index >= 15 is 0 Å². The number of hydrogen-bond acceptors (Lipinski definition) is 5. The van der Waals surface area contributed by atoms with Crippen molar-refractivity contribution in [2.24, 2.45) is 5.73 Å². The summed E-state index contributed by atoms with van der Waals surface area (Å²) in [7, 11) is 0. The van der Waals surface area contributed by atoms with Gasteiger partial charge in [0.15, 0.2) is 0 Å². The van der Waals surface area contributed by atoms with Crippen LogP contribution in [-0.2, 0) is 14.3 Å². The predicted molar refractivity (Wildman–Crippen MR) is 107 cm³/mol. The number of carbonyl (C=O) groups is 1. The number of nitrogens with zero attached hydrogens (tertiary/aromatic N) is 1. The molecule has 0 bridgehead atoms. The maximum absolute atomic E-state index is 12.7. The van der Waals surface area contributed by atoms with Crippen LogP contribution in [0.1, 0.15) is 30.9 Å². The van der Waals surface area contributed by atoms with Crippen LogP contribution in [0.2, 0.25) is 0 Å². The molecule has 1 aliphatic rings. The average molecular weight is 374 g/mol. The summed E-state index contributed by atoms with van der Waals surface area (Å²) in [4.78, 5) is 12.7. The first-order valence-corrected chi connectivity index (χ1v) is 9.09. The van der Waals surface area contributed by atoms with Crippen LogP contribution >= 0.6 is 0 Å². The molecule has 28 heavy (non-hydrogen) atoms. The van der Waals surface area contributed by atoms with Gasteiger partial charge in [0.05, 0.1) is 18.1 Å². The first-order chi connectivity index (χ1) is 13.5. The Balaban J connectivity index is 2.24. The fourth-order valence-corrected chi connectivity index (χ4v) is 3.41. The summed E-state index contributed by atoms with van der Waals surface area (Å²) in [6.45, 7) is 5.65. The second-order valence-electron chi connectivity index (χ2n) is 6.57. The van der Waals surface area contributed by atoms with Gasteiger partial charge in [-0.05, 0) is 37.5 Å². The number of rotatable bonds is 4. The molecule has 142 valence electrons. The van der Waals surface area contributed by atoms with Gasteiger partial charge in [-0.2, -0.15) is 5.26 Å². The molecule has 0 spiro atoms. The Morgan fingerprint density at radius 2 is 1.86 bits per heavy atom. The molecular weight excluding hydrogens is 352 g/mol. The molecule has 1 heterocycles. The SMILES string of the molecule is CCOC(=O)C1=C(C)OC(N)=C(C#N)C1c1ccccc1-c1ccc(C)cc1. The Bertz CT molecular complexity index is 1010. The fourth-order valence-electron chi connectivity index (χ4n) is 3.41. The van der Waals surface area contributed by atoms with Crippen molar-refractivity contribution < 1.29 is 14.3 Å². The summed E-state index contributed by atoms with van der Waals surface area (Å²) < 4.78 is 10.7. The van der Waals surface area contributed by atoms with E-state index in [1.54, 1.807) is 13.8 Å². The van der Waals surface area contributed by atoms with E-state index < -0.39 is 11.9 Å². The van der Waals surface area contributed by atoms with Gasteiger partial charge in [-0.25, -0.2) is 4.79 Å². The van der Waals surface area contributed by atoms with Crippen LogP contribution in [0.5, 0.6) is 0 Å². The standard InChI is InChI=1S/C23H22N2O3/c1-4-27-23(26)20-15(3)28-22(25)19(13-24)21(20)18-8-6-5-7-17(18)16-11-9-14(2)10-12-16/h5-12,21H,4,25H2,1-3H3. The minimum absolute atomic E-state index is 0.0109. The van der Waals surface area contributed by atoms with Gasteiger partial charge >= 0.3 is 5.97 Å². The molecule has 0 aromatic heterocycles. The number of benzene rings is 2. The number of ether oxygens (including phenoxy) is 2. The van der Waals surface area contributed by atoms with Gasteiger partial charge < -0.3 is 15.2 Å². The van der Waals surface area contributed by atoms with E-state index in [2.05, 4.69) is 6.07 Å². The summed E-state index contributed by atoms with van der Waals surface area (Å²) in [5, 5.41) is 9.76. The number of carbonyl (C=O) groups excluding carboxylic acids is 1. The summed E-state index contributed by atoms with van der Waals surface area (Å²) >= 11 is 0. The lowest BCUT2D eigenvalue weighted by atomic mass is 9.79. The number of esters is 1. The first kappa shape index (κ1) is 19.2. The zero-order valence-corrected chi connectivity index (χ0v) is 16.2. The second kappa shape index (κ2) is 8.01. The average Bonchev–Trinajstić information content (AvgIpc) is 2.68. The van der Waals surface area contributed by atoms with Gasteiger partial charge in [-0.1, -0.05) is 54.1 Å². The predicted octanol–water partition coefficient (Wildman–Crippen LogP) is 4.31. The quantitative estimate of drug-likeness (QED) is 0.806. The van der Waals surface area contributed by atoms with Gasteiger partial charge in [-0.15, -0.1) is 0 Å². The minimum Gasteiger partial charge on any atom is -0.463 e. The number of nitrogens with two attached hydrogens (primary N) is 1. The molecule has 5 nitrogen and oxygen atoms in total. The molecule has 1 atom stereocenters. The van der Waals surface area contributed by atoms with Crippen molar-refractivity contribution in [2.45, 2.75) is 26.7 Å². The zero-order chi connectivity index (χ0) is 20.3. The Labute approximate surface area is 164 Å². The molecule has 0 radical (unpaired) electrons. The van der Waals surface area contributed by atoms with E-state index in [0.29, 0.717) is 11.3 Å². The normalized spacial score (nSPS) is 16.4. The lowest BCUT2D eigenvalue weighted by Gasteiger charge is -2.28. The third-order valence-corrected chi connectivity index (χ3v) is 4.74. The van der Waals surface area contributed by atoms with Crippen molar-refractivity contribution in [3.05, 3.63) is 82.4 Å². The largest absolute Gasteiger partial charge is 0.463 e. The van der Waals surface area contributed by atoms with Crippen LogP contribution < -0.4 is 5.73 Å². The van der Waals surface area contributed by atoms with Crippen molar-refractivity contribution in [1.29, 1.82) is 5.26 Å². The highest BCUT2D eigenvalue weighted by molar-refractivity contribution is 5.93. The Morgan fingerprint density at radius 1 is 1.18 bits per heavy atom. The molecule has 0 amide bonds. The van der Waals surface area contributed by atoms with Crippen LogP contribution in [0, 0.1) is 18.3 Å². The maximum atomic E-state index is 12.7. The highest BCUT2D eigenvalue weighted by Crippen LogP contribution is 2.43. The second-order valence-corrected chi connectivity index (χ2v) is 6.57. The molecule has 1 unspecified atom stereocenters. The van der Waals surface area contributed by atoms with Crippen molar-refractivity contribution in [2.75, 3.05) is 6.61 Å². The molecule has 0 saturated carbocycles. The Morgan fingerprint density at radius 3 is 2.50 bits per heavy atom. The maximum Gasteiger partial charge on any atom is 0.338 e. The van der Waals surface area contributed by atoms with Gasteiger partial charge in [0.1, 0.15) is 17.4 Å². The molecule has 2 aromatic rings. The zero-order valence-electron chi connectivity index (χ0n) is 16.2. The molecule has 1 aliphatic heterocycles. The third kappa shape index (κ3) is 3.49. The lowest BCUT2D eigenvalue weighted by Crippen LogP contribution is -2.25. The van der Waals surface area contributed by atoms with Gasteiger partial charge in [0, 0.05) is 0 Å². The van der Waals surface area contributed by atoms with E-state index in [-0.39, 0.29) is 18.1 Å². The van der Waals surface area contributed by atoms with Crippen molar-refractivity contribution >= 4 is 5.97 Å². The van der Waals surface area contributed by atoms with Crippen LogP contribution in [-0.4, -0.2) is 12.6 Å². The Kier molecular flexibility index (Phi) is 5.51. The summed E-state index contributed by atoms with van der Waals surface area (Å²) in [5.41, 5.74) is 10.4. The number of nitriles is 1. The molecule has 0 saturated heterocycles. The van der Waals surface area contributed by atoms with Gasteiger partial charge in [-0.3, -0.25) is 0 Å². The highest BCUT2D eigenvalue weighted by Gasteiger charge is 2.37. The number of allylic oxidation sites excluding steroid dienone is 2. The van der Waals surface area contributed by atoms with Gasteiger partial charge in [0.25, 0.3) is 0 Å². The van der Waals surface area contributed by atoms with E-state index in [0.717, 1.165) is 22.3 Å². The van der Waals surface area contributed by atoms with Crippen LogP contribution in [0.3, 0.4) is 0 Å². The van der Waals surface area contributed by atoms with Crippen LogP contribution in [0.25, 0.3) is 11.1 Å². The van der Waals surface area contributed by atoms with Crippen LogP contribution in [0.4, 0.5) is 0 Å². The first-order valence-electron chi connectivity index (χ1n) is 9.09. The van der Waals surface area contributed by atoms with E-state index in [4.69, 9.17) is 15.2 Å². The number of aryl methyl sites for hydroxylation is 1. The third-order valence-electron chi connectivity index (χ3n) is 4.74. The molecule has 2 aromatic carbocycles. The van der Waals surface area contributed by atoms with Gasteiger partial charge in [0.2, 0.25) is 5.88 Å². The monoisotopic (exact) mass is 374 g/mol. The summed E-state index contributed by atoms with van der Waals surface area (Å²) in [5.74, 6) is -0.810. The van der Waals surface area contributed by atoms with E-state index in [1.165, 1.54) is 0 Å². The minimum atomic E-state index is -0.657. The molecule has 3 rings (SSSR count). The van der Waals surface area contributed by atoms with E-state index in [1.807, 2.05) is 55.5 Å². The Hall–Kier alpha value is -3.52. The molecular formula is C23H22N2O3. The van der Waals surface area contributed by atoms with Crippen molar-refractivity contribution in [3.63, 3.8) is 0 Å². The van der Waals surface area contributed by atoms with E-state index in [9.17, 15) is 10.1 Å².